The van der Waals surface area contributed by atoms with Gasteiger partial charge in [0.05, 0.1) is 18.0 Å². The van der Waals surface area contributed by atoms with Gasteiger partial charge in [-0.3, -0.25) is 4.79 Å². The number of hydrogen-bond donors (Lipinski definition) is 0. The monoisotopic (exact) mass is 389 g/mol. The zero-order chi connectivity index (χ0) is 20.4. The van der Waals surface area contributed by atoms with Crippen molar-refractivity contribution in [2.45, 2.75) is 20.3 Å². The Morgan fingerprint density at radius 2 is 1.79 bits per heavy atom. The first kappa shape index (κ1) is 18.9. The lowest BCUT2D eigenvalue weighted by atomic mass is 10.1. The number of benzene rings is 2. The van der Waals surface area contributed by atoms with Gasteiger partial charge in [-0.25, -0.2) is 9.48 Å². The summed E-state index contributed by atoms with van der Waals surface area (Å²) < 4.78 is 6.86. The van der Waals surface area contributed by atoms with E-state index >= 15 is 0 Å². The van der Waals surface area contributed by atoms with Crippen molar-refractivity contribution in [3.63, 3.8) is 0 Å². The molecular formula is C23H23N3O3. The molecule has 0 unspecified atom stereocenters. The Morgan fingerprint density at radius 1 is 1.07 bits per heavy atom. The molecule has 1 aromatic heterocycles. The minimum Gasteiger partial charge on any atom is -0.461 e. The Labute approximate surface area is 169 Å². The average molecular weight is 389 g/mol. The van der Waals surface area contributed by atoms with Gasteiger partial charge in [0.15, 0.2) is 5.69 Å². The summed E-state index contributed by atoms with van der Waals surface area (Å²) in [4.78, 5) is 26.5. The van der Waals surface area contributed by atoms with Crippen LogP contribution in [0.15, 0.2) is 54.6 Å². The van der Waals surface area contributed by atoms with Crippen LogP contribution in [0.25, 0.3) is 16.9 Å². The lowest BCUT2D eigenvalue weighted by molar-refractivity contribution is 0.0518. The minimum atomic E-state index is -0.453. The summed E-state index contributed by atoms with van der Waals surface area (Å²) in [6, 6.07) is 17.0. The molecule has 0 bridgehead atoms. The molecule has 0 N–H and O–H groups in total. The second kappa shape index (κ2) is 7.91. The zero-order valence-electron chi connectivity index (χ0n) is 16.6. The highest BCUT2D eigenvalue weighted by Gasteiger charge is 2.22. The van der Waals surface area contributed by atoms with Gasteiger partial charge in [0, 0.05) is 24.2 Å². The van der Waals surface area contributed by atoms with Crippen molar-refractivity contribution in [1.82, 2.24) is 14.7 Å². The number of nitrogens with zero attached hydrogens (tertiary/aromatic N) is 3. The van der Waals surface area contributed by atoms with Crippen molar-refractivity contribution in [1.29, 1.82) is 0 Å². The summed E-state index contributed by atoms with van der Waals surface area (Å²) in [5.41, 5.74) is 4.55. The maximum Gasteiger partial charge on any atom is 0.358 e. The molecule has 6 heteroatoms. The Balaban J connectivity index is 1.74. The Morgan fingerprint density at radius 3 is 2.41 bits per heavy atom. The number of carbonyl (C=O) groups is 2. The van der Waals surface area contributed by atoms with Crippen LogP contribution in [0, 0.1) is 6.92 Å². The van der Waals surface area contributed by atoms with Gasteiger partial charge in [-0.1, -0.05) is 24.3 Å². The van der Waals surface area contributed by atoms with Crippen LogP contribution in [-0.4, -0.2) is 46.3 Å². The molecule has 0 atom stereocenters. The van der Waals surface area contributed by atoms with E-state index < -0.39 is 5.97 Å². The van der Waals surface area contributed by atoms with Crippen molar-refractivity contribution in [2.75, 3.05) is 19.7 Å². The van der Waals surface area contributed by atoms with Crippen molar-refractivity contribution < 1.29 is 14.3 Å². The molecule has 3 aromatic rings. The van der Waals surface area contributed by atoms with Crippen LogP contribution >= 0.6 is 0 Å². The van der Waals surface area contributed by atoms with Gasteiger partial charge >= 0.3 is 5.97 Å². The van der Waals surface area contributed by atoms with Gasteiger partial charge in [0.1, 0.15) is 0 Å². The molecule has 1 aliphatic heterocycles. The largest absolute Gasteiger partial charge is 0.461 e. The van der Waals surface area contributed by atoms with Crippen molar-refractivity contribution in [3.8, 4) is 16.9 Å². The van der Waals surface area contributed by atoms with Gasteiger partial charge in [-0.15, -0.1) is 0 Å². The molecule has 1 aliphatic rings. The number of aryl methyl sites for hydroxylation is 1. The number of likely N-dealkylation sites (tertiary alicyclic amines) is 1. The lowest BCUT2D eigenvalue weighted by Crippen LogP contribution is -2.41. The maximum absolute atomic E-state index is 12.4. The molecule has 0 spiro atoms. The van der Waals surface area contributed by atoms with Gasteiger partial charge in [-0.2, -0.15) is 5.10 Å². The normalized spacial score (nSPS) is 13.1. The number of carbonyl (C=O) groups excluding carboxylic acids is 2. The van der Waals surface area contributed by atoms with E-state index in [2.05, 4.69) is 5.10 Å². The molecule has 1 amide bonds. The van der Waals surface area contributed by atoms with Gasteiger partial charge in [0.2, 0.25) is 0 Å². The summed E-state index contributed by atoms with van der Waals surface area (Å²) in [6.45, 7) is 5.72. The highest BCUT2D eigenvalue weighted by atomic mass is 16.5. The maximum atomic E-state index is 12.4. The molecule has 2 aromatic carbocycles. The summed E-state index contributed by atoms with van der Waals surface area (Å²) in [7, 11) is 0. The van der Waals surface area contributed by atoms with Crippen LogP contribution in [0.4, 0.5) is 0 Å². The van der Waals surface area contributed by atoms with Crippen molar-refractivity contribution in [2.24, 2.45) is 0 Å². The fourth-order valence-corrected chi connectivity index (χ4v) is 3.38. The van der Waals surface area contributed by atoms with E-state index in [-0.39, 0.29) is 11.6 Å². The molecule has 29 heavy (non-hydrogen) atoms. The highest BCUT2D eigenvalue weighted by molar-refractivity contribution is 5.95. The summed E-state index contributed by atoms with van der Waals surface area (Å²) in [5, 5.41) is 4.50. The number of ether oxygens (including phenoxy) is 1. The first-order valence-corrected chi connectivity index (χ1v) is 9.81. The van der Waals surface area contributed by atoms with Crippen LogP contribution < -0.4 is 0 Å². The molecule has 2 heterocycles. The topological polar surface area (TPSA) is 64.4 Å². The molecule has 1 fully saturated rings. The molecule has 1 saturated heterocycles. The second-order valence-electron chi connectivity index (χ2n) is 7.05. The SMILES string of the molecule is CCOC(=O)c1cc(-c2ccccc2C)n(-c2ccc(C(=O)N3CCC3)cc2)n1. The Bertz CT molecular complexity index is 1050. The zero-order valence-corrected chi connectivity index (χ0v) is 16.6. The van der Waals surface area contributed by atoms with Crippen molar-refractivity contribution in [3.05, 3.63) is 71.4 Å². The predicted octanol–water partition coefficient (Wildman–Crippen LogP) is 3.87. The first-order valence-electron chi connectivity index (χ1n) is 9.81. The summed E-state index contributed by atoms with van der Waals surface area (Å²) in [6.07, 6.45) is 1.06. The van der Waals surface area contributed by atoms with Gasteiger partial charge < -0.3 is 9.64 Å². The molecule has 4 rings (SSSR count). The fourth-order valence-electron chi connectivity index (χ4n) is 3.38. The minimum absolute atomic E-state index is 0.0506. The summed E-state index contributed by atoms with van der Waals surface area (Å²) in [5.74, 6) is -0.403. The van der Waals surface area contributed by atoms with Crippen LogP contribution in [0.2, 0.25) is 0 Å². The summed E-state index contributed by atoms with van der Waals surface area (Å²) >= 11 is 0. The van der Waals surface area contributed by atoms with E-state index in [0.717, 1.165) is 42.0 Å². The van der Waals surface area contributed by atoms with E-state index in [4.69, 9.17) is 4.74 Å². The number of esters is 1. The number of aromatic nitrogens is 2. The molecular weight excluding hydrogens is 366 g/mol. The Hall–Kier alpha value is -3.41. The number of amides is 1. The van der Waals surface area contributed by atoms with E-state index in [1.807, 2.05) is 60.4 Å². The number of rotatable bonds is 5. The molecule has 0 saturated carbocycles. The quantitative estimate of drug-likeness (QED) is 0.622. The molecule has 0 radical (unpaired) electrons. The second-order valence-corrected chi connectivity index (χ2v) is 7.05. The van der Waals surface area contributed by atoms with E-state index in [9.17, 15) is 9.59 Å². The third-order valence-electron chi connectivity index (χ3n) is 5.12. The van der Waals surface area contributed by atoms with Gasteiger partial charge in [-0.05, 0) is 56.2 Å². The fraction of sp³-hybridized carbons (Fsp3) is 0.261. The van der Waals surface area contributed by atoms with Crippen LogP contribution in [0.5, 0.6) is 0 Å². The third kappa shape index (κ3) is 3.66. The average Bonchev–Trinajstić information content (AvgIpc) is 3.12. The molecule has 0 aliphatic carbocycles. The van der Waals surface area contributed by atoms with Crippen LogP contribution in [0.1, 0.15) is 39.8 Å². The lowest BCUT2D eigenvalue weighted by Gasteiger charge is -2.30. The predicted molar refractivity (Wildman–Crippen MR) is 110 cm³/mol. The molecule has 6 nitrogen and oxygen atoms in total. The highest BCUT2D eigenvalue weighted by Crippen LogP contribution is 2.27. The smallest absolute Gasteiger partial charge is 0.358 e. The number of hydrogen-bond acceptors (Lipinski definition) is 4. The standard InChI is InChI=1S/C23H23N3O3/c1-3-29-23(28)20-15-21(19-8-5-4-7-16(19)2)26(24-20)18-11-9-17(10-12-18)22(27)25-13-6-14-25/h4-5,7-12,15H,3,6,13-14H2,1-2H3. The third-order valence-corrected chi connectivity index (χ3v) is 5.12. The molecule has 148 valence electrons. The van der Waals surface area contributed by atoms with Crippen LogP contribution in [-0.2, 0) is 4.74 Å². The van der Waals surface area contributed by atoms with Crippen molar-refractivity contribution >= 4 is 11.9 Å². The van der Waals surface area contributed by atoms with E-state index in [1.165, 1.54) is 0 Å². The first-order chi connectivity index (χ1) is 14.1. The van der Waals surface area contributed by atoms with E-state index in [1.54, 1.807) is 17.7 Å². The Kier molecular flexibility index (Phi) is 5.16. The van der Waals surface area contributed by atoms with Crippen LogP contribution in [0.3, 0.4) is 0 Å². The van der Waals surface area contributed by atoms with Gasteiger partial charge in [0.25, 0.3) is 5.91 Å². The van der Waals surface area contributed by atoms with E-state index in [0.29, 0.717) is 12.2 Å².